The van der Waals surface area contributed by atoms with E-state index in [1.807, 2.05) is 20.8 Å². The molecule has 1 aromatic rings. The van der Waals surface area contributed by atoms with E-state index >= 15 is 0 Å². The van der Waals surface area contributed by atoms with Crippen molar-refractivity contribution in [1.29, 1.82) is 0 Å². The molecule has 3 nitrogen and oxygen atoms in total. The number of pyridine rings is 1. The van der Waals surface area contributed by atoms with Gasteiger partial charge in [-0.25, -0.2) is 0 Å². The van der Waals surface area contributed by atoms with Gasteiger partial charge < -0.3 is 10.1 Å². The van der Waals surface area contributed by atoms with Crippen LogP contribution in [0, 0.1) is 0 Å². The van der Waals surface area contributed by atoms with E-state index in [1.165, 1.54) is 6.20 Å². The van der Waals surface area contributed by atoms with E-state index in [0.29, 0.717) is 12.3 Å². The molecule has 6 heteroatoms. The summed E-state index contributed by atoms with van der Waals surface area (Å²) in [7, 11) is 0. The van der Waals surface area contributed by atoms with Crippen LogP contribution in [-0.4, -0.2) is 23.3 Å². The topological polar surface area (TPSA) is 34.2 Å². The Labute approximate surface area is 117 Å². The van der Waals surface area contributed by atoms with Gasteiger partial charge in [0.15, 0.2) is 0 Å². The summed E-state index contributed by atoms with van der Waals surface area (Å²) in [5, 5.41) is 3.31. The minimum absolute atomic E-state index is 0.0354. The number of ether oxygens (including phenoxy) is 1. The normalized spacial score (nSPS) is 12.5. The first-order chi connectivity index (χ1) is 9.17. The van der Waals surface area contributed by atoms with Gasteiger partial charge in [0, 0.05) is 30.3 Å². The molecule has 1 rings (SSSR count). The molecule has 0 amide bonds. The molecule has 1 heterocycles. The monoisotopic (exact) mass is 290 g/mol. The summed E-state index contributed by atoms with van der Waals surface area (Å²) in [6, 6.07) is 1.80. The number of aromatic nitrogens is 1. The summed E-state index contributed by atoms with van der Waals surface area (Å²) in [5.74, 6) is 0.534. The van der Waals surface area contributed by atoms with Crippen molar-refractivity contribution in [3.63, 3.8) is 0 Å². The molecule has 1 aromatic heterocycles. The van der Waals surface area contributed by atoms with Crippen molar-refractivity contribution in [2.24, 2.45) is 0 Å². The van der Waals surface area contributed by atoms with Crippen LogP contribution in [-0.2, 0) is 6.54 Å². The molecule has 0 radical (unpaired) electrons. The lowest BCUT2D eigenvalue weighted by Crippen LogP contribution is -2.35. The highest BCUT2D eigenvalue weighted by atomic mass is 19.4. The Hall–Kier alpha value is -1.30. The lowest BCUT2D eigenvalue weighted by Gasteiger charge is -2.21. The zero-order chi connectivity index (χ0) is 15.2. The first kappa shape index (κ1) is 16.8. The molecular formula is C14H21F3N2O. The van der Waals surface area contributed by atoms with Crippen molar-refractivity contribution >= 4 is 0 Å². The van der Waals surface area contributed by atoms with Crippen LogP contribution < -0.4 is 10.1 Å². The maximum atomic E-state index is 12.0. The predicted octanol–water partition coefficient (Wildman–Crippen LogP) is 3.69. The summed E-state index contributed by atoms with van der Waals surface area (Å²) >= 11 is 0. The van der Waals surface area contributed by atoms with E-state index in [4.69, 9.17) is 4.74 Å². The number of hydrogen-bond acceptors (Lipinski definition) is 3. The van der Waals surface area contributed by atoms with Crippen molar-refractivity contribution in [3.05, 3.63) is 24.0 Å². The van der Waals surface area contributed by atoms with Crippen LogP contribution in [0.3, 0.4) is 0 Å². The fourth-order valence-corrected chi connectivity index (χ4v) is 1.50. The molecule has 0 spiro atoms. The van der Waals surface area contributed by atoms with Gasteiger partial charge in [0.1, 0.15) is 5.75 Å². The van der Waals surface area contributed by atoms with Crippen LogP contribution >= 0.6 is 0 Å². The van der Waals surface area contributed by atoms with Crippen LogP contribution in [0.1, 0.15) is 39.2 Å². The van der Waals surface area contributed by atoms with Gasteiger partial charge in [-0.2, -0.15) is 13.2 Å². The average Bonchev–Trinajstić information content (AvgIpc) is 2.31. The van der Waals surface area contributed by atoms with E-state index < -0.39 is 12.6 Å². The van der Waals surface area contributed by atoms with Gasteiger partial charge >= 0.3 is 6.18 Å². The Kier molecular flexibility index (Phi) is 5.80. The molecule has 0 aliphatic rings. The van der Waals surface area contributed by atoms with Gasteiger partial charge in [0.25, 0.3) is 0 Å². The van der Waals surface area contributed by atoms with Crippen LogP contribution in [0.25, 0.3) is 0 Å². The van der Waals surface area contributed by atoms with E-state index in [0.717, 1.165) is 5.56 Å². The molecule has 1 N–H and O–H groups in total. The van der Waals surface area contributed by atoms with E-state index in [2.05, 4.69) is 10.3 Å². The zero-order valence-electron chi connectivity index (χ0n) is 12.0. The first-order valence-corrected chi connectivity index (χ1v) is 6.55. The third-order valence-electron chi connectivity index (χ3n) is 2.54. The molecule has 0 unspecified atom stereocenters. The molecule has 0 aliphatic heterocycles. The van der Waals surface area contributed by atoms with E-state index in [-0.39, 0.29) is 18.6 Å². The molecule has 114 valence electrons. The lowest BCUT2D eigenvalue weighted by molar-refractivity contribution is -0.136. The molecule has 0 aliphatic carbocycles. The van der Waals surface area contributed by atoms with Crippen molar-refractivity contribution in [1.82, 2.24) is 10.3 Å². The fourth-order valence-electron chi connectivity index (χ4n) is 1.50. The molecule has 0 saturated carbocycles. The van der Waals surface area contributed by atoms with Crippen LogP contribution in [0.15, 0.2) is 18.5 Å². The maximum Gasteiger partial charge on any atom is 0.389 e. The van der Waals surface area contributed by atoms with Crippen molar-refractivity contribution in [2.45, 2.75) is 51.9 Å². The summed E-state index contributed by atoms with van der Waals surface area (Å²) in [6.45, 7) is 6.74. The zero-order valence-corrected chi connectivity index (χ0v) is 12.0. The molecule has 0 fully saturated rings. The Bertz CT molecular complexity index is 414. The highest BCUT2D eigenvalue weighted by Gasteiger charge is 2.26. The lowest BCUT2D eigenvalue weighted by atomic mass is 10.1. The SMILES string of the molecule is CC(C)(C)NCc1ccncc1OCCCC(F)(F)F. The predicted molar refractivity (Wildman–Crippen MR) is 71.6 cm³/mol. The van der Waals surface area contributed by atoms with Crippen molar-refractivity contribution < 1.29 is 17.9 Å². The second-order valence-corrected chi connectivity index (χ2v) is 5.65. The molecular weight excluding hydrogens is 269 g/mol. The Balaban J connectivity index is 2.49. The van der Waals surface area contributed by atoms with Crippen molar-refractivity contribution in [3.8, 4) is 5.75 Å². The van der Waals surface area contributed by atoms with Gasteiger partial charge in [0.05, 0.1) is 12.8 Å². The minimum Gasteiger partial charge on any atom is -0.492 e. The highest BCUT2D eigenvalue weighted by molar-refractivity contribution is 5.29. The Morgan fingerprint density at radius 3 is 2.55 bits per heavy atom. The van der Waals surface area contributed by atoms with Crippen LogP contribution in [0.5, 0.6) is 5.75 Å². The smallest absolute Gasteiger partial charge is 0.389 e. The largest absolute Gasteiger partial charge is 0.492 e. The standard InChI is InChI=1S/C14H21F3N2O/c1-13(2,3)19-9-11-5-7-18-10-12(11)20-8-4-6-14(15,16)17/h5,7,10,19H,4,6,8-9H2,1-3H3. The van der Waals surface area contributed by atoms with Crippen LogP contribution in [0.2, 0.25) is 0 Å². The molecule has 0 aromatic carbocycles. The molecule has 0 atom stereocenters. The van der Waals surface area contributed by atoms with Gasteiger partial charge in [-0.15, -0.1) is 0 Å². The number of nitrogens with zero attached hydrogens (tertiary/aromatic N) is 1. The summed E-state index contributed by atoms with van der Waals surface area (Å²) in [5.41, 5.74) is 0.846. The number of hydrogen-bond donors (Lipinski definition) is 1. The first-order valence-electron chi connectivity index (χ1n) is 6.55. The Morgan fingerprint density at radius 1 is 1.25 bits per heavy atom. The van der Waals surface area contributed by atoms with Crippen LogP contribution in [0.4, 0.5) is 13.2 Å². The highest BCUT2D eigenvalue weighted by Crippen LogP contribution is 2.22. The third-order valence-corrected chi connectivity index (χ3v) is 2.54. The molecule has 20 heavy (non-hydrogen) atoms. The number of rotatable bonds is 6. The minimum atomic E-state index is -4.13. The Morgan fingerprint density at radius 2 is 1.95 bits per heavy atom. The molecule has 0 bridgehead atoms. The second kappa shape index (κ2) is 6.92. The van der Waals surface area contributed by atoms with E-state index in [1.54, 1.807) is 12.3 Å². The van der Waals surface area contributed by atoms with Crippen molar-refractivity contribution in [2.75, 3.05) is 6.61 Å². The summed E-state index contributed by atoms with van der Waals surface area (Å²) in [4.78, 5) is 3.94. The summed E-state index contributed by atoms with van der Waals surface area (Å²) in [6.07, 6.45) is -1.84. The van der Waals surface area contributed by atoms with Gasteiger partial charge in [-0.05, 0) is 33.3 Å². The fraction of sp³-hybridized carbons (Fsp3) is 0.643. The number of alkyl halides is 3. The van der Waals surface area contributed by atoms with E-state index in [9.17, 15) is 13.2 Å². The average molecular weight is 290 g/mol. The summed E-state index contributed by atoms with van der Waals surface area (Å²) < 4.78 is 41.5. The van der Waals surface area contributed by atoms with Gasteiger partial charge in [0.2, 0.25) is 0 Å². The third kappa shape index (κ3) is 7.33. The number of halogens is 3. The quantitative estimate of drug-likeness (QED) is 0.811. The maximum absolute atomic E-state index is 12.0. The second-order valence-electron chi connectivity index (χ2n) is 5.65. The van der Waals surface area contributed by atoms with Gasteiger partial charge in [-0.3, -0.25) is 4.98 Å². The van der Waals surface area contributed by atoms with Gasteiger partial charge in [-0.1, -0.05) is 0 Å². The number of nitrogens with one attached hydrogen (secondary N) is 1. The molecule has 0 saturated heterocycles.